The third kappa shape index (κ3) is 2.45. The first-order chi connectivity index (χ1) is 7.79. The highest BCUT2D eigenvalue weighted by atomic mass is 35.5. The smallest absolute Gasteiger partial charge is 0.0406 e. The first-order valence-electron chi connectivity index (χ1n) is 5.08. The van der Waals surface area contributed by atoms with Gasteiger partial charge in [-0.15, -0.1) is 6.42 Å². The van der Waals surface area contributed by atoms with Gasteiger partial charge in [-0.2, -0.15) is 0 Å². The molecule has 2 rings (SSSR count). The molecule has 0 bridgehead atoms. The van der Waals surface area contributed by atoms with Crippen LogP contribution in [0.3, 0.4) is 0 Å². The van der Waals surface area contributed by atoms with Crippen LogP contribution in [-0.4, -0.2) is 0 Å². The van der Waals surface area contributed by atoms with Gasteiger partial charge in [0, 0.05) is 10.6 Å². The van der Waals surface area contributed by atoms with Crippen molar-refractivity contribution in [2.45, 2.75) is 6.42 Å². The van der Waals surface area contributed by atoms with Crippen LogP contribution in [0.2, 0.25) is 5.02 Å². The zero-order chi connectivity index (χ0) is 11.4. The molecule has 2 aromatic rings. The molecule has 0 radical (unpaired) electrons. The molecule has 0 aliphatic carbocycles. The van der Waals surface area contributed by atoms with Crippen molar-refractivity contribution in [3.05, 3.63) is 70.2 Å². The molecule has 1 heteroatoms. The van der Waals surface area contributed by atoms with E-state index in [4.69, 9.17) is 18.0 Å². The van der Waals surface area contributed by atoms with Crippen LogP contribution in [0.15, 0.2) is 48.5 Å². The Balaban J connectivity index is 2.27. The van der Waals surface area contributed by atoms with Crippen LogP contribution in [0, 0.1) is 12.3 Å². The van der Waals surface area contributed by atoms with Gasteiger partial charge in [0.25, 0.3) is 0 Å². The number of hydrogen-bond donors (Lipinski definition) is 0. The minimum absolute atomic E-state index is 0.758. The van der Waals surface area contributed by atoms with Crippen LogP contribution >= 0.6 is 11.6 Å². The molecule has 2 aromatic carbocycles. The van der Waals surface area contributed by atoms with Crippen molar-refractivity contribution < 1.29 is 0 Å². The van der Waals surface area contributed by atoms with Gasteiger partial charge in [0.1, 0.15) is 0 Å². The number of benzene rings is 2. The molecular formula is C15H11Cl. The fraction of sp³-hybridized carbons (Fsp3) is 0.0667. The van der Waals surface area contributed by atoms with Gasteiger partial charge in [-0.3, -0.25) is 0 Å². The predicted octanol–water partition coefficient (Wildman–Crippen LogP) is 3.91. The van der Waals surface area contributed by atoms with E-state index < -0.39 is 0 Å². The van der Waals surface area contributed by atoms with Crippen LogP contribution < -0.4 is 0 Å². The summed E-state index contributed by atoms with van der Waals surface area (Å²) in [5.74, 6) is 2.70. The Labute approximate surface area is 101 Å². The molecule has 0 heterocycles. The summed E-state index contributed by atoms with van der Waals surface area (Å²) in [6.45, 7) is 0. The Morgan fingerprint density at radius 3 is 2.38 bits per heavy atom. The fourth-order valence-corrected chi connectivity index (χ4v) is 1.76. The molecule has 0 saturated carbocycles. The lowest BCUT2D eigenvalue weighted by atomic mass is 10.0. The molecule has 0 aliphatic rings. The highest BCUT2D eigenvalue weighted by molar-refractivity contribution is 6.30. The highest BCUT2D eigenvalue weighted by Gasteiger charge is 2.00. The molecule has 0 N–H and O–H groups in total. The van der Waals surface area contributed by atoms with Gasteiger partial charge < -0.3 is 0 Å². The van der Waals surface area contributed by atoms with Crippen molar-refractivity contribution in [3.63, 3.8) is 0 Å². The Bertz CT molecular complexity index is 518. The molecule has 0 aromatic heterocycles. The van der Waals surface area contributed by atoms with E-state index in [0.717, 1.165) is 17.0 Å². The maximum absolute atomic E-state index is 5.84. The van der Waals surface area contributed by atoms with Gasteiger partial charge in [-0.25, -0.2) is 0 Å². The third-order valence-electron chi connectivity index (χ3n) is 2.48. The summed E-state index contributed by atoms with van der Waals surface area (Å²) in [6.07, 6.45) is 6.30. The molecule has 16 heavy (non-hydrogen) atoms. The van der Waals surface area contributed by atoms with E-state index in [2.05, 4.69) is 12.0 Å². The maximum Gasteiger partial charge on any atom is 0.0406 e. The third-order valence-corrected chi connectivity index (χ3v) is 2.73. The van der Waals surface area contributed by atoms with E-state index in [-0.39, 0.29) is 0 Å². The van der Waals surface area contributed by atoms with Crippen molar-refractivity contribution in [1.29, 1.82) is 0 Å². The van der Waals surface area contributed by atoms with Crippen molar-refractivity contribution in [2.24, 2.45) is 0 Å². The van der Waals surface area contributed by atoms with E-state index in [1.165, 1.54) is 11.1 Å². The van der Waals surface area contributed by atoms with Gasteiger partial charge in [0.15, 0.2) is 0 Å². The molecule has 0 fully saturated rings. The Morgan fingerprint density at radius 1 is 1.00 bits per heavy atom. The zero-order valence-electron chi connectivity index (χ0n) is 8.78. The van der Waals surface area contributed by atoms with Crippen LogP contribution in [0.25, 0.3) is 0 Å². The van der Waals surface area contributed by atoms with Crippen LogP contribution in [0.1, 0.15) is 16.7 Å². The molecule has 0 nitrogen and oxygen atoms in total. The van der Waals surface area contributed by atoms with Gasteiger partial charge in [-0.05, 0) is 35.7 Å². The summed E-state index contributed by atoms with van der Waals surface area (Å²) in [4.78, 5) is 0. The summed E-state index contributed by atoms with van der Waals surface area (Å²) in [5.41, 5.74) is 3.34. The topological polar surface area (TPSA) is 0 Å². The highest BCUT2D eigenvalue weighted by Crippen LogP contribution is 2.15. The minimum atomic E-state index is 0.758. The van der Waals surface area contributed by atoms with Crippen molar-refractivity contribution in [2.75, 3.05) is 0 Å². The Kier molecular flexibility index (Phi) is 3.29. The molecule has 0 amide bonds. The second kappa shape index (κ2) is 4.88. The van der Waals surface area contributed by atoms with Crippen LogP contribution in [-0.2, 0) is 6.42 Å². The van der Waals surface area contributed by atoms with E-state index in [9.17, 15) is 0 Å². The van der Waals surface area contributed by atoms with Gasteiger partial charge >= 0.3 is 0 Å². The lowest BCUT2D eigenvalue weighted by Crippen LogP contribution is -1.91. The maximum atomic E-state index is 5.84. The average Bonchev–Trinajstić information content (AvgIpc) is 2.33. The fourth-order valence-electron chi connectivity index (χ4n) is 1.64. The Hall–Kier alpha value is -1.71. The first-order valence-corrected chi connectivity index (χ1v) is 5.46. The molecule has 0 spiro atoms. The lowest BCUT2D eigenvalue weighted by molar-refractivity contribution is 1.18. The molecule has 0 atom stereocenters. The van der Waals surface area contributed by atoms with E-state index >= 15 is 0 Å². The zero-order valence-corrected chi connectivity index (χ0v) is 9.54. The largest absolute Gasteiger partial charge is 0.115 e. The normalized spacial score (nSPS) is 9.75. The summed E-state index contributed by atoms with van der Waals surface area (Å²) < 4.78 is 0. The second-order valence-corrected chi connectivity index (χ2v) is 4.04. The average molecular weight is 227 g/mol. The molecule has 0 aliphatic heterocycles. The lowest BCUT2D eigenvalue weighted by Gasteiger charge is -2.04. The second-order valence-electron chi connectivity index (χ2n) is 3.60. The Morgan fingerprint density at radius 2 is 1.69 bits per heavy atom. The van der Waals surface area contributed by atoms with E-state index in [0.29, 0.717) is 0 Å². The molecule has 78 valence electrons. The molecule has 0 unspecified atom stereocenters. The van der Waals surface area contributed by atoms with Crippen LogP contribution in [0.4, 0.5) is 0 Å². The standard InChI is InChI=1S/C15H11Cl/c1-2-13-5-3-4-6-14(13)11-12-7-9-15(16)10-8-12/h1,3-10H,11H2. The summed E-state index contributed by atoms with van der Waals surface area (Å²) in [7, 11) is 0. The number of terminal acetylenes is 1. The SMILES string of the molecule is C#Cc1ccccc1Cc1ccc(Cl)cc1. The van der Waals surface area contributed by atoms with Gasteiger partial charge in [-0.1, -0.05) is 47.9 Å². The summed E-state index contributed by atoms with van der Waals surface area (Å²) in [5, 5.41) is 0.758. The molecular weight excluding hydrogens is 216 g/mol. The van der Waals surface area contributed by atoms with Gasteiger partial charge in [0.05, 0.1) is 0 Å². The number of hydrogen-bond acceptors (Lipinski definition) is 0. The van der Waals surface area contributed by atoms with Crippen molar-refractivity contribution in [1.82, 2.24) is 0 Å². The van der Waals surface area contributed by atoms with Gasteiger partial charge in [0.2, 0.25) is 0 Å². The molecule has 0 saturated heterocycles. The summed E-state index contributed by atoms with van der Waals surface area (Å²) >= 11 is 5.84. The van der Waals surface area contributed by atoms with Crippen molar-refractivity contribution >= 4 is 11.6 Å². The van der Waals surface area contributed by atoms with E-state index in [1.807, 2.05) is 42.5 Å². The van der Waals surface area contributed by atoms with E-state index in [1.54, 1.807) is 0 Å². The number of halogens is 1. The monoisotopic (exact) mass is 226 g/mol. The minimum Gasteiger partial charge on any atom is -0.115 e. The quantitative estimate of drug-likeness (QED) is 0.681. The van der Waals surface area contributed by atoms with Crippen molar-refractivity contribution in [3.8, 4) is 12.3 Å². The van der Waals surface area contributed by atoms with Crippen LogP contribution in [0.5, 0.6) is 0 Å². The summed E-state index contributed by atoms with van der Waals surface area (Å²) in [6, 6.07) is 15.8. The number of rotatable bonds is 2. The first kappa shape index (κ1) is 10.8. The predicted molar refractivity (Wildman–Crippen MR) is 68.6 cm³/mol.